The molecule has 0 aliphatic rings. The molecule has 1 aromatic rings. The maximum absolute atomic E-state index is 12.5. The first kappa shape index (κ1) is 15.5. The van der Waals surface area contributed by atoms with E-state index in [0.717, 1.165) is 18.5 Å². The van der Waals surface area contributed by atoms with E-state index < -0.39 is 5.41 Å². The van der Waals surface area contributed by atoms with Crippen LogP contribution in [0.3, 0.4) is 0 Å². The lowest BCUT2D eigenvalue weighted by Gasteiger charge is -2.30. The van der Waals surface area contributed by atoms with Crippen molar-refractivity contribution in [2.24, 2.45) is 16.3 Å². The second-order valence-corrected chi connectivity index (χ2v) is 5.31. The van der Waals surface area contributed by atoms with Gasteiger partial charge >= 0.3 is 0 Å². The summed E-state index contributed by atoms with van der Waals surface area (Å²) in [6.07, 6.45) is 2.69. The van der Waals surface area contributed by atoms with Gasteiger partial charge < -0.3 is 16.3 Å². The van der Waals surface area contributed by atoms with Crippen LogP contribution in [0.4, 0.5) is 5.69 Å². The molecular weight excluding hydrogens is 262 g/mol. The third-order valence-corrected chi connectivity index (χ3v) is 3.85. The number of anilines is 1. The van der Waals surface area contributed by atoms with Gasteiger partial charge in [-0.05, 0) is 24.3 Å². The minimum atomic E-state index is -0.930. The van der Waals surface area contributed by atoms with Gasteiger partial charge in [-0.2, -0.15) is 11.3 Å². The molecule has 0 atom stereocenters. The second-order valence-electron chi connectivity index (χ2n) is 4.53. The van der Waals surface area contributed by atoms with E-state index in [2.05, 4.69) is 10.5 Å². The third-order valence-electron chi connectivity index (χ3n) is 3.17. The van der Waals surface area contributed by atoms with Crippen molar-refractivity contribution >= 4 is 28.8 Å². The van der Waals surface area contributed by atoms with Crippen molar-refractivity contribution in [2.75, 3.05) is 5.32 Å². The van der Waals surface area contributed by atoms with Crippen LogP contribution in [-0.4, -0.2) is 17.0 Å². The molecule has 5 nitrogen and oxygen atoms in total. The summed E-state index contributed by atoms with van der Waals surface area (Å²) in [6, 6.07) is 1.83. The van der Waals surface area contributed by atoms with Gasteiger partial charge in [-0.15, -0.1) is 0 Å². The van der Waals surface area contributed by atoms with Gasteiger partial charge in [0, 0.05) is 5.38 Å². The molecule has 1 amide bonds. The van der Waals surface area contributed by atoms with E-state index in [4.69, 9.17) is 10.9 Å². The van der Waals surface area contributed by atoms with Gasteiger partial charge in [-0.1, -0.05) is 31.8 Å². The van der Waals surface area contributed by atoms with Crippen LogP contribution in [0.1, 0.15) is 39.5 Å². The van der Waals surface area contributed by atoms with E-state index in [1.807, 2.05) is 30.7 Å². The first-order chi connectivity index (χ1) is 9.10. The number of nitrogens with one attached hydrogen (secondary N) is 1. The van der Waals surface area contributed by atoms with Crippen molar-refractivity contribution in [1.82, 2.24) is 0 Å². The molecule has 0 fully saturated rings. The molecule has 0 bridgehead atoms. The molecule has 0 aromatic carbocycles. The third kappa shape index (κ3) is 3.47. The zero-order valence-electron chi connectivity index (χ0n) is 11.3. The number of carbonyl (C=O) groups is 1. The Kier molecular flexibility index (Phi) is 5.82. The van der Waals surface area contributed by atoms with Gasteiger partial charge in [0.05, 0.1) is 5.69 Å². The summed E-state index contributed by atoms with van der Waals surface area (Å²) in [6.45, 7) is 3.96. The van der Waals surface area contributed by atoms with Crippen molar-refractivity contribution < 1.29 is 10.0 Å². The fourth-order valence-electron chi connectivity index (χ4n) is 2.26. The van der Waals surface area contributed by atoms with Crippen LogP contribution < -0.4 is 11.1 Å². The van der Waals surface area contributed by atoms with Crippen LogP contribution in [0.5, 0.6) is 0 Å². The highest BCUT2D eigenvalue weighted by Crippen LogP contribution is 2.32. The lowest BCUT2D eigenvalue weighted by molar-refractivity contribution is -0.123. The Morgan fingerprint density at radius 1 is 1.47 bits per heavy atom. The molecule has 0 radical (unpaired) electrons. The van der Waals surface area contributed by atoms with Crippen LogP contribution in [0.15, 0.2) is 22.0 Å². The fraction of sp³-hybridized carbons (Fsp3) is 0.538. The topological polar surface area (TPSA) is 87.7 Å². The van der Waals surface area contributed by atoms with Gasteiger partial charge in [0.2, 0.25) is 5.91 Å². The van der Waals surface area contributed by atoms with Crippen molar-refractivity contribution in [1.29, 1.82) is 0 Å². The van der Waals surface area contributed by atoms with Crippen LogP contribution in [0, 0.1) is 5.41 Å². The summed E-state index contributed by atoms with van der Waals surface area (Å²) >= 11 is 1.51. The number of amides is 1. The number of carbonyl (C=O) groups excluding carboxylic acids is 1. The highest BCUT2D eigenvalue weighted by molar-refractivity contribution is 7.08. The average molecular weight is 283 g/mol. The highest BCUT2D eigenvalue weighted by Gasteiger charge is 2.41. The Labute approximate surface area is 117 Å². The number of rotatable bonds is 7. The van der Waals surface area contributed by atoms with Gasteiger partial charge in [0.15, 0.2) is 5.84 Å². The van der Waals surface area contributed by atoms with E-state index in [1.165, 1.54) is 11.3 Å². The molecule has 106 valence electrons. The van der Waals surface area contributed by atoms with Crippen molar-refractivity contribution in [3.8, 4) is 0 Å². The van der Waals surface area contributed by atoms with Gasteiger partial charge in [0.1, 0.15) is 5.41 Å². The summed E-state index contributed by atoms with van der Waals surface area (Å²) in [5.41, 5.74) is 5.61. The number of hydrogen-bond acceptors (Lipinski definition) is 4. The molecular formula is C13H21N3O2S. The molecule has 4 N–H and O–H groups in total. The molecule has 0 saturated carbocycles. The van der Waals surface area contributed by atoms with Crippen molar-refractivity contribution in [3.63, 3.8) is 0 Å². The first-order valence-corrected chi connectivity index (χ1v) is 7.36. The van der Waals surface area contributed by atoms with E-state index in [1.54, 1.807) is 0 Å². The van der Waals surface area contributed by atoms with Gasteiger partial charge in [0.25, 0.3) is 0 Å². The average Bonchev–Trinajstić information content (AvgIpc) is 2.90. The minimum absolute atomic E-state index is 0.0103. The van der Waals surface area contributed by atoms with Crippen molar-refractivity contribution in [2.45, 2.75) is 39.5 Å². The summed E-state index contributed by atoms with van der Waals surface area (Å²) in [4.78, 5) is 12.5. The highest BCUT2D eigenvalue weighted by atomic mass is 32.1. The van der Waals surface area contributed by atoms with Crippen LogP contribution >= 0.6 is 11.3 Å². The lowest BCUT2D eigenvalue weighted by Crippen LogP contribution is -2.47. The first-order valence-electron chi connectivity index (χ1n) is 6.42. The predicted molar refractivity (Wildman–Crippen MR) is 78.6 cm³/mol. The zero-order valence-corrected chi connectivity index (χ0v) is 12.2. The Bertz CT molecular complexity index is 423. The number of hydrogen-bond donors (Lipinski definition) is 3. The predicted octanol–water partition coefficient (Wildman–Crippen LogP) is 3.02. The number of nitrogens with zero attached hydrogens (tertiary/aromatic N) is 1. The molecule has 1 rings (SSSR count). The molecule has 0 aliphatic carbocycles. The molecule has 0 saturated heterocycles. The molecule has 19 heavy (non-hydrogen) atoms. The Balaban J connectivity index is 3.02. The number of thiophene rings is 1. The Morgan fingerprint density at radius 3 is 2.53 bits per heavy atom. The summed E-state index contributed by atoms with van der Waals surface area (Å²) in [7, 11) is 0. The largest absolute Gasteiger partial charge is 0.409 e. The SMILES string of the molecule is CCCC(CCC)(C(=O)Nc1ccsc1)C(N)=NO. The molecule has 0 unspecified atom stereocenters. The standard InChI is InChI=1S/C13H21N3O2S/c1-3-6-13(7-4-2,11(14)16-18)12(17)15-10-5-8-19-9-10/h5,8-9,18H,3-4,6-7H2,1-2H3,(H2,14,16)(H,15,17). The zero-order chi connectivity index (χ0) is 14.3. The fourth-order valence-corrected chi connectivity index (χ4v) is 2.85. The smallest absolute Gasteiger partial charge is 0.238 e. The molecule has 1 aromatic heterocycles. The second kappa shape index (κ2) is 7.13. The lowest BCUT2D eigenvalue weighted by atomic mass is 9.77. The number of nitrogens with two attached hydrogens (primary N) is 1. The summed E-state index contributed by atoms with van der Waals surface area (Å²) in [5, 5.41) is 18.7. The monoisotopic (exact) mass is 283 g/mol. The van der Waals surface area contributed by atoms with Gasteiger partial charge in [-0.3, -0.25) is 4.79 Å². The maximum Gasteiger partial charge on any atom is 0.238 e. The molecule has 1 heterocycles. The molecule has 0 spiro atoms. The van der Waals surface area contributed by atoms with Gasteiger partial charge in [-0.25, -0.2) is 0 Å². The quantitative estimate of drug-likeness (QED) is 0.311. The van der Waals surface area contributed by atoms with E-state index >= 15 is 0 Å². The van der Waals surface area contributed by atoms with Crippen LogP contribution in [-0.2, 0) is 4.79 Å². The normalized spacial score (nSPS) is 12.4. The number of oxime groups is 1. The minimum Gasteiger partial charge on any atom is -0.409 e. The maximum atomic E-state index is 12.5. The van der Waals surface area contributed by atoms with Crippen LogP contribution in [0.25, 0.3) is 0 Å². The molecule has 0 aliphatic heterocycles. The Hall–Kier alpha value is -1.56. The summed E-state index contributed by atoms with van der Waals surface area (Å²) in [5.74, 6) is -0.214. The van der Waals surface area contributed by atoms with Crippen molar-refractivity contribution in [3.05, 3.63) is 16.8 Å². The number of amidine groups is 1. The summed E-state index contributed by atoms with van der Waals surface area (Å²) < 4.78 is 0. The van der Waals surface area contributed by atoms with E-state index in [9.17, 15) is 4.79 Å². The van der Waals surface area contributed by atoms with Crippen LogP contribution in [0.2, 0.25) is 0 Å². The van der Waals surface area contributed by atoms with E-state index in [-0.39, 0.29) is 11.7 Å². The molecule has 6 heteroatoms. The Morgan fingerprint density at radius 2 is 2.11 bits per heavy atom. The van der Waals surface area contributed by atoms with E-state index in [0.29, 0.717) is 12.8 Å².